The van der Waals surface area contributed by atoms with E-state index in [1.165, 1.54) is 25.7 Å². The number of piperidine rings is 1. The number of hydrogen-bond acceptors (Lipinski definition) is 3. The third-order valence-electron chi connectivity index (χ3n) is 5.66. The molecule has 2 unspecified atom stereocenters. The molecule has 0 radical (unpaired) electrons. The van der Waals surface area contributed by atoms with Crippen molar-refractivity contribution in [3.05, 3.63) is 30.3 Å². The lowest BCUT2D eigenvalue weighted by Gasteiger charge is -2.36. The van der Waals surface area contributed by atoms with E-state index < -0.39 is 0 Å². The standard InChI is InChI=1S/C21H32N2O2/c1-17(21(24)22-19-10-4-2-5-11-19)23-14-8-9-18(15-23)16-25-20-12-6-3-7-13-20/h3,6-7,12-13,17-19H,2,4-5,8-11,14-16H2,1H3,(H,22,24). The Morgan fingerprint density at radius 3 is 2.68 bits per heavy atom. The summed E-state index contributed by atoms with van der Waals surface area (Å²) in [5.74, 6) is 1.64. The molecule has 1 aliphatic heterocycles. The van der Waals surface area contributed by atoms with Crippen LogP contribution in [0.5, 0.6) is 5.75 Å². The second-order valence-corrected chi connectivity index (χ2v) is 7.65. The third kappa shape index (κ3) is 5.46. The van der Waals surface area contributed by atoms with Crippen molar-refractivity contribution in [2.75, 3.05) is 19.7 Å². The smallest absolute Gasteiger partial charge is 0.237 e. The van der Waals surface area contributed by atoms with Crippen LogP contribution in [0.25, 0.3) is 0 Å². The molecule has 1 saturated carbocycles. The Bertz CT molecular complexity index is 528. The van der Waals surface area contributed by atoms with Crippen molar-refractivity contribution in [1.29, 1.82) is 0 Å². The van der Waals surface area contributed by atoms with Gasteiger partial charge in [-0.2, -0.15) is 0 Å². The van der Waals surface area contributed by atoms with Gasteiger partial charge in [0.2, 0.25) is 5.91 Å². The summed E-state index contributed by atoms with van der Waals surface area (Å²) in [6.45, 7) is 4.75. The molecule has 1 aliphatic carbocycles. The summed E-state index contributed by atoms with van der Waals surface area (Å²) in [6, 6.07) is 10.4. The molecule has 1 aromatic rings. The first-order valence-corrected chi connectivity index (χ1v) is 9.94. The fourth-order valence-electron chi connectivity index (χ4n) is 4.05. The van der Waals surface area contributed by atoms with Crippen LogP contribution in [0.15, 0.2) is 30.3 Å². The van der Waals surface area contributed by atoms with Crippen LogP contribution >= 0.6 is 0 Å². The minimum atomic E-state index is -0.0403. The Balaban J connectivity index is 1.45. The van der Waals surface area contributed by atoms with Crippen LogP contribution < -0.4 is 10.1 Å². The lowest BCUT2D eigenvalue weighted by atomic mass is 9.95. The van der Waals surface area contributed by atoms with Gasteiger partial charge in [0.25, 0.3) is 0 Å². The second-order valence-electron chi connectivity index (χ2n) is 7.65. The molecular formula is C21H32N2O2. The summed E-state index contributed by atoms with van der Waals surface area (Å²) in [5.41, 5.74) is 0. The number of likely N-dealkylation sites (tertiary alicyclic amines) is 1. The molecular weight excluding hydrogens is 312 g/mol. The predicted octanol–water partition coefficient (Wildman–Crippen LogP) is 3.61. The summed E-state index contributed by atoms with van der Waals surface area (Å²) in [4.78, 5) is 14.9. The highest BCUT2D eigenvalue weighted by atomic mass is 16.5. The van der Waals surface area contributed by atoms with Crippen LogP contribution in [0.2, 0.25) is 0 Å². The van der Waals surface area contributed by atoms with E-state index in [1.807, 2.05) is 30.3 Å². The van der Waals surface area contributed by atoms with Crippen molar-refractivity contribution in [3.63, 3.8) is 0 Å². The molecule has 1 heterocycles. The summed E-state index contributed by atoms with van der Waals surface area (Å²) >= 11 is 0. The van der Waals surface area contributed by atoms with Gasteiger partial charge in [-0.25, -0.2) is 0 Å². The van der Waals surface area contributed by atoms with Crippen molar-refractivity contribution in [3.8, 4) is 5.75 Å². The SMILES string of the molecule is CC(C(=O)NC1CCCCC1)N1CCCC(COc2ccccc2)C1. The molecule has 2 fully saturated rings. The first-order chi connectivity index (χ1) is 12.2. The van der Waals surface area contributed by atoms with Crippen molar-refractivity contribution >= 4 is 5.91 Å². The molecule has 3 rings (SSSR count). The van der Waals surface area contributed by atoms with Gasteiger partial charge in [0.1, 0.15) is 5.75 Å². The van der Waals surface area contributed by atoms with E-state index in [2.05, 4.69) is 17.1 Å². The Morgan fingerprint density at radius 2 is 1.92 bits per heavy atom. The van der Waals surface area contributed by atoms with E-state index in [0.717, 1.165) is 44.7 Å². The molecule has 1 N–H and O–H groups in total. The number of nitrogens with zero attached hydrogens (tertiary/aromatic N) is 1. The lowest BCUT2D eigenvalue weighted by molar-refractivity contribution is -0.127. The first kappa shape index (κ1) is 18.2. The van der Waals surface area contributed by atoms with Gasteiger partial charge in [0.05, 0.1) is 12.6 Å². The maximum absolute atomic E-state index is 12.6. The monoisotopic (exact) mass is 344 g/mol. The van der Waals surface area contributed by atoms with Crippen LogP contribution in [0.1, 0.15) is 51.9 Å². The summed E-state index contributed by atoms with van der Waals surface area (Å²) in [7, 11) is 0. The number of nitrogens with one attached hydrogen (secondary N) is 1. The van der Waals surface area contributed by atoms with Crippen LogP contribution in [-0.4, -0.2) is 42.6 Å². The van der Waals surface area contributed by atoms with Crippen molar-refractivity contribution in [1.82, 2.24) is 10.2 Å². The number of carbonyl (C=O) groups excluding carboxylic acids is 1. The maximum Gasteiger partial charge on any atom is 0.237 e. The highest BCUT2D eigenvalue weighted by Crippen LogP contribution is 2.21. The summed E-state index contributed by atoms with van der Waals surface area (Å²) in [6.07, 6.45) is 8.43. The van der Waals surface area contributed by atoms with E-state index in [-0.39, 0.29) is 11.9 Å². The minimum absolute atomic E-state index is 0.0403. The number of benzene rings is 1. The number of ether oxygens (including phenoxy) is 1. The zero-order valence-corrected chi connectivity index (χ0v) is 15.5. The highest BCUT2D eigenvalue weighted by Gasteiger charge is 2.29. The number of para-hydroxylation sites is 1. The average Bonchev–Trinajstić information content (AvgIpc) is 2.67. The van der Waals surface area contributed by atoms with E-state index >= 15 is 0 Å². The van der Waals surface area contributed by atoms with Gasteiger partial charge in [-0.05, 0) is 51.3 Å². The number of amides is 1. The second kappa shape index (κ2) is 9.23. The zero-order valence-electron chi connectivity index (χ0n) is 15.5. The number of hydrogen-bond donors (Lipinski definition) is 1. The van der Waals surface area contributed by atoms with Crippen molar-refractivity contribution < 1.29 is 9.53 Å². The molecule has 1 aromatic carbocycles. The van der Waals surface area contributed by atoms with E-state index in [1.54, 1.807) is 0 Å². The van der Waals surface area contributed by atoms with Gasteiger partial charge >= 0.3 is 0 Å². The van der Waals surface area contributed by atoms with Crippen LogP contribution in [0, 0.1) is 5.92 Å². The third-order valence-corrected chi connectivity index (χ3v) is 5.66. The highest BCUT2D eigenvalue weighted by molar-refractivity contribution is 5.81. The topological polar surface area (TPSA) is 41.6 Å². The zero-order chi connectivity index (χ0) is 17.5. The summed E-state index contributed by atoms with van der Waals surface area (Å²) in [5, 5.41) is 3.28. The first-order valence-electron chi connectivity index (χ1n) is 9.94. The van der Waals surface area contributed by atoms with Gasteiger partial charge in [-0.1, -0.05) is 37.5 Å². The predicted molar refractivity (Wildman–Crippen MR) is 101 cm³/mol. The minimum Gasteiger partial charge on any atom is -0.493 e. The van der Waals surface area contributed by atoms with Crippen molar-refractivity contribution in [2.45, 2.75) is 64.0 Å². The van der Waals surface area contributed by atoms with Gasteiger partial charge in [-0.3, -0.25) is 9.69 Å². The van der Waals surface area contributed by atoms with Gasteiger partial charge in [0, 0.05) is 18.5 Å². The fourth-order valence-corrected chi connectivity index (χ4v) is 4.05. The van der Waals surface area contributed by atoms with Gasteiger partial charge in [0.15, 0.2) is 0 Å². The van der Waals surface area contributed by atoms with Gasteiger partial charge in [-0.15, -0.1) is 0 Å². The quantitative estimate of drug-likeness (QED) is 0.857. The molecule has 2 aliphatic rings. The molecule has 0 spiro atoms. The van der Waals surface area contributed by atoms with Gasteiger partial charge < -0.3 is 10.1 Å². The molecule has 4 heteroatoms. The molecule has 25 heavy (non-hydrogen) atoms. The van der Waals surface area contributed by atoms with Crippen LogP contribution in [-0.2, 0) is 4.79 Å². The Labute approximate surface area is 151 Å². The molecule has 4 nitrogen and oxygen atoms in total. The molecule has 1 saturated heterocycles. The normalized spacial score (nSPS) is 23.8. The molecule has 1 amide bonds. The number of rotatable bonds is 6. The Hall–Kier alpha value is -1.55. The Morgan fingerprint density at radius 1 is 1.16 bits per heavy atom. The Kier molecular flexibility index (Phi) is 6.74. The van der Waals surface area contributed by atoms with E-state index in [0.29, 0.717) is 12.0 Å². The van der Waals surface area contributed by atoms with E-state index in [4.69, 9.17) is 4.74 Å². The van der Waals surface area contributed by atoms with Crippen LogP contribution in [0.4, 0.5) is 0 Å². The van der Waals surface area contributed by atoms with Crippen molar-refractivity contribution in [2.24, 2.45) is 5.92 Å². The summed E-state index contributed by atoms with van der Waals surface area (Å²) < 4.78 is 5.93. The maximum atomic E-state index is 12.6. The molecule has 0 bridgehead atoms. The largest absolute Gasteiger partial charge is 0.493 e. The number of carbonyl (C=O) groups is 1. The van der Waals surface area contributed by atoms with Crippen LogP contribution in [0.3, 0.4) is 0 Å². The molecule has 138 valence electrons. The lowest BCUT2D eigenvalue weighted by Crippen LogP contribution is -2.51. The fraction of sp³-hybridized carbons (Fsp3) is 0.667. The molecule has 0 aromatic heterocycles. The average molecular weight is 344 g/mol. The molecule has 2 atom stereocenters. The van der Waals surface area contributed by atoms with E-state index in [9.17, 15) is 4.79 Å².